The summed E-state index contributed by atoms with van der Waals surface area (Å²) in [5, 5.41) is 18.3. The fraction of sp³-hybridized carbons (Fsp3) is 0.267. The number of aromatic carboxylic acids is 1. The Morgan fingerprint density at radius 3 is 2.55 bits per heavy atom. The van der Waals surface area contributed by atoms with Gasteiger partial charge >= 0.3 is 5.97 Å². The molecule has 0 spiro atoms. The Balaban J connectivity index is 2.62. The third-order valence-electron chi connectivity index (χ3n) is 3.37. The van der Waals surface area contributed by atoms with E-state index in [1.807, 2.05) is 0 Å². The highest BCUT2D eigenvalue weighted by atomic mass is 19.1. The van der Waals surface area contributed by atoms with Crippen LogP contribution in [0.25, 0.3) is 11.3 Å². The highest BCUT2D eigenvalue weighted by Gasteiger charge is 2.17. The van der Waals surface area contributed by atoms with Crippen molar-refractivity contribution >= 4 is 5.97 Å². The molecule has 5 heteroatoms. The quantitative estimate of drug-likeness (QED) is 0.903. The van der Waals surface area contributed by atoms with Crippen molar-refractivity contribution in [1.82, 2.24) is 4.57 Å². The summed E-state index contributed by atoms with van der Waals surface area (Å²) in [5.74, 6) is -1.32. The van der Waals surface area contributed by atoms with Crippen LogP contribution >= 0.6 is 0 Å². The van der Waals surface area contributed by atoms with Crippen LogP contribution in [-0.2, 0) is 6.54 Å². The van der Waals surface area contributed by atoms with Crippen LogP contribution in [0.1, 0.15) is 21.6 Å². The van der Waals surface area contributed by atoms with Crippen molar-refractivity contribution in [2.24, 2.45) is 0 Å². The van der Waals surface area contributed by atoms with Gasteiger partial charge in [0.1, 0.15) is 5.82 Å². The molecule has 0 unspecified atom stereocenters. The standard InChI is InChI=1S/C15H16FNO3/c1-9-7-11(3-4-13(9)16)14-8-12(15(19)20)10(2)17(14)5-6-18/h3-4,7-8,18H,5-6H2,1-2H3,(H,19,20). The Morgan fingerprint density at radius 1 is 1.30 bits per heavy atom. The van der Waals surface area contributed by atoms with Gasteiger partial charge in [-0.1, -0.05) is 0 Å². The summed E-state index contributed by atoms with van der Waals surface area (Å²) in [6.07, 6.45) is 0. The summed E-state index contributed by atoms with van der Waals surface area (Å²) < 4.78 is 15.1. The minimum Gasteiger partial charge on any atom is -0.478 e. The summed E-state index contributed by atoms with van der Waals surface area (Å²) in [5.41, 5.74) is 2.65. The second-order valence-electron chi connectivity index (χ2n) is 4.67. The van der Waals surface area contributed by atoms with Crippen LogP contribution in [-0.4, -0.2) is 27.4 Å². The third-order valence-corrected chi connectivity index (χ3v) is 3.37. The number of halogens is 1. The van der Waals surface area contributed by atoms with Gasteiger partial charge in [-0.3, -0.25) is 0 Å². The van der Waals surface area contributed by atoms with Crippen LogP contribution in [0.3, 0.4) is 0 Å². The van der Waals surface area contributed by atoms with Crippen LogP contribution < -0.4 is 0 Å². The number of nitrogens with zero attached hydrogens (tertiary/aromatic N) is 1. The minimum atomic E-state index is -1.01. The summed E-state index contributed by atoms with van der Waals surface area (Å²) in [6.45, 7) is 3.55. The first kappa shape index (κ1) is 14.3. The maximum absolute atomic E-state index is 13.3. The lowest BCUT2D eigenvalue weighted by Gasteiger charge is -2.11. The molecule has 0 aliphatic rings. The topological polar surface area (TPSA) is 62.5 Å². The molecule has 0 aliphatic heterocycles. The first-order valence-corrected chi connectivity index (χ1v) is 6.26. The SMILES string of the molecule is Cc1cc(-c2cc(C(=O)O)c(C)n2CCO)ccc1F. The van der Waals surface area contributed by atoms with E-state index in [0.717, 1.165) is 5.56 Å². The van der Waals surface area contributed by atoms with Gasteiger partial charge in [0, 0.05) is 17.9 Å². The second-order valence-corrected chi connectivity index (χ2v) is 4.67. The molecule has 1 heterocycles. The molecule has 0 atom stereocenters. The second kappa shape index (κ2) is 5.46. The maximum atomic E-state index is 13.3. The van der Waals surface area contributed by atoms with Crippen LogP contribution in [0.15, 0.2) is 24.3 Å². The van der Waals surface area contributed by atoms with E-state index in [1.165, 1.54) is 6.07 Å². The van der Waals surface area contributed by atoms with Crippen LogP contribution in [0.4, 0.5) is 4.39 Å². The zero-order valence-electron chi connectivity index (χ0n) is 11.4. The number of carboxylic acids is 1. The van der Waals surface area contributed by atoms with Gasteiger partial charge < -0.3 is 14.8 Å². The van der Waals surface area contributed by atoms with Crippen LogP contribution in [0, 0.1) is 19.7 Å². The summed E-state index contributed by atoms with van der Waals surface area (Å²) >= 11 is 0. The highest BCUT2D eigenvalue weighted by Crippen LogP contribution is 2.27. The van der Waals surface area contributed by atoms with Crippen molar-refractivity contribution < 1.29 is 19.4 Å². The molecule has 0 aliphatic carbocycles. The van der Waals surface area contributed by atoms with E-state index in [2.05, 4.69) is 0 Å². The number of hydrogen-bond donors (Lipinski definition) is 2. The molecule has 0 fully saturated rings. The van der Waals surface area contributed by atoms with Gasteiger partial charge in [-0.15, -0.1) is 0 Å². The number of aliphatic hydroxyl groups is 1. The van der Waals surface area contributed by atoms with E-state index in [1.54, 1.807) is 36.6 Å². The maximum Gasteiger partial charge on any atom is 0.337 e. The fourth-order valence-electron chi connectivity index (χ4n) is 2.29. The number of rotatable bonds is 4. The molecular weight excluding hydrogens is 261 g/mol. The van der Waals surface area contributed by atoms with Gasteiger partial charge in [0.05, 0.1) is 12.2 Å². The molecule has 20 heavy (non-hydrogen) atoms. The van der Waals surface area contributed by atoms with E-state index in [0.29, 0.717) is 23.5 Å². The molecule has 0 radical (unpaired) electrons. The van der Waals surface area contributed by atoms with Crippen molar-refractivity contribution in [3.05, 3.63) is 46.9 Å². The Hall–Kier alpha value is -2.14. The molecule has 1 aromatic carbocycles. The molecule has 0 bridgehead atoms. The zero-order chi connectivity index (χ0) is 14.9. The lowest BCUT2D eigenvalue weighted by Crippen LogP contribution is -2.07. The highest BCUT2D eigenvalue weighted by molar-refractivity contribution is 5.91. The monoisotopic (exact) mass is 277 g/mol. The van der Waals surface area contributed by atoms with Gasteiger partial charge in [-0.05, 0) is 49.2 Å². The van der Waals surface area contributed by atoms with Crippen LogP contribution in [0.2, 0.25) is 0 Å². The molecule has 0 amide bonds. The Bertz CT molecular complexity index is 661. The molecule has 106 valence electrons. The number of aliphatic hydroxyl groups excluding tert-OH is 1. The smallest absolute Gasteiger partial charge is 0.337 e. The van der Waals surface area contributed by atoms with Crippen molar-refractivity contribution in [2.75, 3.05) is 6.61 Å². The normalized spacial score (nSPS) is 10.8. The summed E-state index contributed by atoms with van der Waals surface area (Å²) in [4.78, 5) is 11.2. The van der Waals surface area contributed by atoms with Crippen molar-refractivity contribution in [3.63, 3.8) is 0 Å². The van der Waals surface area contributed by atoms with E-state index < -0.39 is 5.97 Å². The molecule has 4 nitrogen and oxygen atoms in total. The Morgan fingerprint density at radius 2 is 2.00 bits per heavy atom. The fourth-order valence-corrected chi connectivity index (χ4v) is 2.29. The van der Waals surface area contributed by atoms with E-state index in [4.69, 9.17) is 5.11 Å². The first-order chi connectivity index (χ1) is 9.45. The average molecular weight is 277 g/mol. The number of aromatic nitrogens is 1. The van der Waals surface area contributed by atoms with Crippen molar-refractivity contribution in [2.45, 2.75) is 20.4 Å². The van der Waals surface area contributed by atoms with Crippen molar-refractivity contribution in [3.8, 4) is 11.3 Å². The largest absolute Gasteiger partial charge is 0.478 e. The Kier molecular flexibility index (Phi) is 3.90. The Labute approximate surface area is 116 Å². The molecule has 0 saturated heterocycles. The predicted molar refractivity (Wildman–Crippen MR) is 73.3 cm³/mol. The van der Waals surface area contributed by atoms with Gasteiger partial charge in [-0.25, -0.2) is 9.18 Å². The number of hydrogen-bond acceptors (Lipinski definition) is 2. The summed E-state index contributed by atoms with van der Waals surface area (Å²) in [6, 6.07) is 6.19. The average Bonchev–Trinajstić information content (AvgIpc) is 2.72. The molecule has 0 saturated carbocycles. The lowest BCUT2D eigenvalue weighted by molar-refractivity contribution is 0.0696. The lowest BCUT2D eigenvalue weighted by atomic mass is 10.1. The molecule has 2 aromatic rings. The first-order valence-electron chi connectivity index (χ1n) is 6.26. The van der Waals surface area contributed by atoms with Gasteiger partial charge in [-0.2, -0.15) is 0 Å². The van der Waals surface area contributed by atoms with Gasteiger partial charge in [0.15, 0.2) is 0 Å². The van der Waals surface area contributed by atoms with Gasteiger partial charge in [0.25, 0.3) is 0 Å². The molecule has 2 rings (SSSR count). The number of aryl methyl sites for hydroxylation is 1. The predicted octanol–water partition coefficient (Wildman–Crippen LogP) is 2.60. The number of carboxylic acid groups (broad SMARTS) is 1. The molecule has 2 N–H and O–H groups in total. The van der Waals surface area contributed by atoms with E-state index >= 15 is 0 Å². The summed E-state index contributed by atoms with van der Waals surface area (Å²) in [7, 11) is 0. The van der Waals surface area contributed by atoms with Gasteiger partial charge in [0.2, 0.25) is 0 Å². The molecular formula is C15H16FNO3. The third kappa shape index (κ3) is 2.44. The minimum absolute atomic E-state index is 0.0955. The number of benzene rings is 1. The van der Waals surface area contributed by atoms with Crippen LogP contribution in [0.5, 0.6) is 0 Å². The van der Waals surface area contributed by atoms with Crippen molar-refractivity contribution in [1.29, 1.82) is 0 Å². The van der Waals surface area contributed by atoms with E-state index in [-0.39, 0.29) is 18.0 Å². The zero-order valence-corrected chi connectivity index (χ0v) is 11.4. The molecule has 1 aromatic heterocycles. The van der Waals surface area contributed by atoms with E-state index in [9.17, 15) is 14.3 Å². The number of carbonyl (C=O) groups is 1.